The summed E-state index contributed by atoms with van der Waals surface area (Å²) in [5.74, 6) is -1.05. The van der Waals surface area contributed by atoms with Crippen molar-refractivity contribution >= 4 is 34.9 Å². The van der Waals surface area contributed by atoms with Crippen molar-refractivity contribution in [3.05, 3.63) is 81.5 Å². The van der Waals surface area contributed by atoms with Crippen LogP contribution in [-0.2, 0) is 5.66 Å². The van der Waals surface area contributed by atoms with Gasteiger partial charge in [0.15, 0.2) is 5.96 Å². The van der Waals surface area contributed by atoms with E-state index < -0.39 is 17.3 Å². The molecule has 4 heterocycles. The summed E-state index contributed by atoms with van der Waals surface area (Å²) in [6, 6.07) is 14.5. The van der Waals surface area contributed by atoms with E-state index >= 15 is 8.78 Å². The highest BCUT2D eigenvalue weighted by Crippen LogP contribution is 2.51. The third-order valence-corrected chi connectivity index (χ3v) is 8.44. The highest BCUT2D eigenvalue weighted by Gasteiger charge is 2.50. The highest BCUT2D eigenvalue weighted by atomic mass is 32.1. The first-order valence-electron chi connectivity index (χ1n) is 12.5. The molecule has 0 bridgehead atoms. The molecule has 1 fully saturated rings. The van der Waals surface area contributed by atoms with Crippen LogP contribution in [0.4, 0.5) is 20.2 Å². The molecule has 2 aromatic carbocycles. The number of piperazine rings is 1. The number of halogens is 2. The minimum Gasteiger partial charge on any atom is -0.370 e. The molecule has 0 aliphatic carbocycles. The molecule has 10 heteroatoms. The normalized spacial score (nSPS) is 23.6. The molecule has 2 unspecified atom stereocenters. The molecule has 0 saturated carbocycles. The molecule has 6 rings (SSSR count). The summed E-state index contributed by atoms with van der Waals surface area (Å²) in [4.78, 5) is 9.70. The fourth-order valence-electron chi connectivity index (χ4n) is 5.59. The van der Waals surface area contributed by atoms with Crippen molar-refractivity contribution in [2.24, 2.45) is 15.8 Å². The van der Waals surface area contributed by atoms with E-state index in [1.54, 1.807) is 4.90 Å². The Balaban J connectivity index is 1.49. The molecule has 1 saturated heterocycles. The number of nitrogens with two attached hydrogens (primary N) is 1. The van der Waals surface area contributed by atoms with E-state index in [1.807, 2.05) is 53.0 Å². The van der Waals surface area contributed by atoms with E-state index in [0.717, 1.165) is 35.8 Å². The highest BCUT2D eigenvalue weighted by molar-refractivity contribution is 7.10. The zero-order chi connectivity index (χ0) is 25.6. The lowest BCUT2D eigenvalue weighted by atomic mass is 9.91. The molecule has 37 heavy (non-hydrogen) atoms. The van der Waals surface area contributed by atoms with Crippen molar-refractivity contribution in [2.45, 2.75) is 25.0 Å². The summed E-state index contributed by atoms with van der Waals surface area (Å²) in [5, 5.41) is 11.6. The second kappa shape index (κ2) is 9.42. The molecule has 3 N–H and O–H groups in total. The number of hydrogen-bond acceptors (Lipinski definition) is 8. The van der Waals surface area contributed by atoms with Crippen molar-refractivity contribution < 1.29 is 8.78 Å². The van der Waals surface area contributed by atoms with E-state index in [1.165, 1.54) is 23.5 Å². The Morgan fingerprint density at radius 2 is 1.81 bits per heavy atom. The van der Waals surface area contributed by atoms with Gasteiger partial charge < -0.3 is 20.9 Å². The first-order chi connectivity index (χ1) is 18.0. The van der Waals surface area contributed by atoms with E-state index in [-0.39, 0.29) is 17.7 Å². The van der Waals surface area contributed by atoms with Gasteiger partial charge in [-0.05, 0) is 35.7 Å². The van der Waals surface area contributed by atoms with Crippen LogP contribution in [-0.4, -0.2) is 54.8 Å². The first-order valence-corrected chi connectivity index (χ1v) is 13.4. The molecule has 2 atom stereocenters. The average Bonchev–Trinajstić information content (AvgIpc) is 3.59. The monoisotopic (exact) mass is 521 g/mol. The molecule has 1 aromatic heterocycles. The number of nitrogens with one attached hydrogen (secondary N) is 1. The number of thiophene rings is 1. The van der Waals surface area contributed by atoms with Crippen molar-refractivity contribution in [2.75, 3.05) is 42.9 Å². The number of nitrogens with zero attached hydrogens (tertiary/aromatic N) is 5. The third kappa shape index (κ3) is 3.95. The van der Waals surface area contributed by atoms with E-state index in [2.05, 4.69) is 17.1 Å². The minimum absolute atomic E-state index is 0.0106. The number of likely N-dealkylation sites (N-methyl/N-ethyl adjacent to an activating group) is 1. The molecule has 3 aliphatic rings. The number of guanidine groups is 1. The Morgan fingerprint density at radius 1 is 1.08 bits per heavy atom. The van der Waals surface area contributed by atoms with Gasteiger partial charge in [0.2, 0.25) is 5.66 Å². The minimum atomic E-state index is -1.33. The zero-order valence-electron chi connectivity index (χ0n) is 20.6. The summed E-state index contributed by atoms with van der Waals surface area (Å²) < 4.78 is 31.7. The number of benzene rings is 2. The van der Waals surface area contributed by atoms with Crippen LogP contribution in [0.3, 0.4) is 0 Å². The lowest BCUT2D eigenvalue weighted by Gasteiger charge is -2.43. The second-order valence-corrected chi connectivity index (χ2v) is 10.4. The maximum atomic E-state index is 15.9. The van der Waals surface area contributed by atoms with Crippen molar-refractivity contribution in [3.8, 4) is 0 Å². The van der Waals surface area contributed by atoms with Crippen LogP contribution in [0.1, 0.15) is 35.4 Å². The SMILES string of the molecule is CCN1CCN(c2c(F)cc(C3(N4N=CCC4c4ccccc4)N=C(N)Nc4ccsc43)cc2F)CC1. The van der Waals surface area contributed by atoms with Crippen LogP contribution < -0.4 is 16.0 Å². The summed E-state index contributed by atoms with van der Waals surface area (Å²) in [7, 11) is 0. The van der Waals surface area contributed by atoms with Crippen LogP contribution in [0.25, 0.3) is 0 Å². The quantitative estimate of drug-likeness (QED) is 0.516. The lowest BCUT2D eigenvalue weighted by molar-refractivity contribution is 0.0985. The van der Waals surface area contributed by atoms with Gasteiger partial charge in [0.1, 0.15) is 17.3 Å². The standard InChI is InChI=1S/C27H29F2N7S/c1-2-34-11-13-35(14-12-34)24-20(28)16-19(17-21(24)29)27(25-22(9-15-37-25)32-26(30)33-27)36-23(8-10-31-36)18-6-4-3-5-7-18/h3-7,9-10,15-17,23H,2,8,11-14H2,1H3,(H3,30,32,33). The van der Waals surface area contributed by atoms with E-state index in [4.69, 9.17) is 15.8 Å². The molecule has 7 nitrogen and oxygen atoms in total. The van der Waals surface area contributed by atoms with Gasteiger partial charge in [-0.1, -0.05) is 37.3 Å². The number of fused-ring (bicyclic) bond motifs is 1. The van der Waals surface area contributed by atoms with Crippen LogP contribution in [0.2, 0.25) is 0 Å². The van der Waals surface area contributed by atoms with Gasteiger partial charge in [-0.2, -0.15) is 5.10 Å². The Hall–Kier alpha value is -3.50. The summed E-state index contributed by atoms with van der Waals surface area (Å²) in [6.07, 6.45) is 2.47. The Labute approximate surface area is 218 Å². The predicted molar refractivity (Wildman–Crippen MR) is 145 cm³/mol. The van der Waals surface area contributed by atoms with Gasteiger partial charge in [0.25, 0.3) is 0 Å². The average molecular weight is 522 g/mol. The fraction of sp³-hybridized carbons (Fsp3) is 0.333. The Bertz CT molecular complexity index is 1330. The van der Waals surface area contributed by atoms with E-state index in [9.17, 15) is 0 Å². The van der Waals surface area contributed by atoms with Gasteiger partial charge in [-0.3, -0.25) is 5.01 Å². The van der Waals surface area contributed by atoms with Crippen molar-refractivity contribution in [1.29, 1.82) is 0 Å². The molecule has 3 aromatic rings. The van der Waals surface area contributed by atoms with Crippen LogP contribution in [0.5, 0.6) is 0 Å². The maximum absolute atomic E-state index is 15.9. The number of rotatable bonds is 5. The molecule has 192 valence electrons. The number of hydrogen-bond donors (Lipinski definition) is 2. The largest absolute Gasteiger partial charge is 0.370 e. The second-order valence-electron chi connectivity index (χ2n) is 9.47. The molecule has 0 spiro atoms. The first kappa shape index (κ1) is 23.9. The van der Waals surface area contributed by atoms with Crippen LogP contribution in [0.15, 0.2) is 64.0 Å². The third-order valence-electron chi connectivity index (χ3n) is 7.43. The molecular weight excluding hydrogens is 492 g/mol. The van der Waals surface area contributed by atoms with Crippen molar-refractivity contribution in [1.82, 2.24) is 9.91 Å². The van der Waals surface area contributed by atoms with Gasteiger partial charge in [-0.15, -0.1) is 11.3 Å². The summed E-state index contributed by atoms with van der Waals surface area (Å²) >= 11 is 1.46. The Kier molecular flexibility index (Phi) is 6.08. The van der Waals surface area contributed by atoms with E-state index in [0.29, 0.717) is 25.1 Å². The molecular formula is C27H29F2N7S. The van der Waals surface area contributed by atoms with Gasteiger partial charge in [0.05, 0.1) is 16.6 Å². The van der Waals surface area contributed by atoms with Crippen LogP contribution >= 0.6 is 11.3 Å². The number of anilines is 2. The van der Waals surface area contributed by atoms with Gasteiger partial charge in [0, 0.05) is 44.4 Å². The lowest BCUT2D eigenvalue weighted by Crippen LogP contribution is -2.48. The molecule has 0 radical (unpaired) electrons. The Morgan fingerprint density at radius 3 is 2.51 bits per heavy atom. The van der Waals surface area contributed by atoms with Gasteiger partial charge >= 0.3 is 0 Å². The smallest absolute Gasteiger partial charge is 0.214 e. The fourth-order valence-corrected chi connectivity index (χ4v) is 6.59. The number of aliphatic imine (C=N–C) groups is 1. The number of hydrazone groups is 1. The summed E-state index contributed by atoms with van der Waals surface area (Å²) in [5.41, 5.74) is 7.12. The topological polar surface area (TPSA) is 72.5 Å². The predicted octanol–water partition coefficient (Wildman–Crippen LogP) is 4.54. The molecule has 0 amide bonds. The van der Waals surface area contributed by atoms with Crippen LogP contribution in [0, 0.1) is 11.6 Å². The zero-order valence-corrected chi connectivity index (χ0v) is 21.4. The summed E-state index contributed by atoms with van der Waals surface area (Å²) in [6.45, 7) is 5.71. The van der Waals surface area contributed by atoms with Gasteiger partial charge in [-0.25, -0.2) is 13.8 Å². The molecule has 3 aliphatic heterocycles. The van der Waals surface area contributed by atoms with Crippen molar-refractivity contribution in [3.63, 3.8) is 0 Å². The maximum Gasteiger partial charge on any atom is 0.214 e.